The molecule has 1 aliphatic carbocycles. The molecule has 0 fully saturated rings. The highest BCUT2D eigenvalue weighted by Gasteiger charge is 2.23. The Kier molecular flexibility index (Phi) is 4.84. The first-order chi connectivity index (χ1) is 9.25. The third-order valence-corrected chi connectivity index (χ3v) is 3.23. The normalized spacial score (nSPS) is 23.2. The highest BCUT2D eigenvalue weighted by Crippen LogP contribution is 2.19. The first-order valence-electron chi connectivity index (χ1n) is 6.70. The van der Waals surface area contributed by atoms with Gasteiger partial charge >= 0.3 is 6.09 Å². The van der Waals surface area contributed by atoms with Crippen molar-refractivity contribution in [2.75, 3.05) is 5.32 Å². The fourth-order valence-electron chi connectivity index (χ4n) is 2.30. The smallest absolute Gasteiger partial charge is 0.404 e. The summed E-state index contributed by atoms with van der Waals surface area (Å²) in [5.41, 5.74) is 6.17. The van der Waals surface area contributed by atoms with Gasteiger partial charge in [-0.1, -0.05) is 30.4 Å². The molecular weight excluding hydrogens is 240 g/mol. The Balaban J connectivity index is 2.10. The zero-order chi connectivity index (χ0) is 13.5. The summed E-state index contributed by atoms with van der Waals surface area (Å²) in [5, 5.41) is 3.38. The van der Waals surface area contributed by atoms with E-state index in [1.807, 2.05) is 30.3 Å². The van der Waals surface area contributed by atoms with Crippen molar-refractivity contribution in [3.63, 3.8) is 0 Å². The molecule has 19 heavy (non-hydrogen) atoms. The van der Waals surface area contributed by atoms with Crippen LogP contribution in [0.15, 0.2) is 42.5 Å². The maximum absolute atomic E-state index is 11.0. The van der Waals surface area contributed by atoms with Crippen LogP contribution >= 0.6 is 0 Å². The Morgan fingerprint density at radius 3 is 2.79 bits per heavy atom. The molecule has 102 valence electrons. The summed E-state index contributed by atoms with van der Waals surface area (Å²) in [6.07, 6.45) is 7.33. The van der Waals surface area contributed by atoms with Crippen LogP contribution in [0.5, 0.6) is 0 Å². The number of primary amides is 1. The maximum atomic E-state index is 11.0. The third-order valence-electron chi connectivity index (χ3n) is 3.23. The van der Waals surface area contributed by atoms with Gasteiger partial charge in [0.15, 0.2) is 0 Å². The molecule has 0 aromatic heterocycles. The number of carbonyl (C=O) groups excluding carboxylic acids is 1. The lowest BCUT2D eigenvalue weighted by molar-refractivity contribution is 0.0946. The molecular formula is C15H20N2O2. The fraction of sp³-hybridized carbons (Fsp3) is 0.400. The van der Waals surface area contributed by atoms with E-state index in [9.17, 15) is 4.79 Å². The lowest BCUT2D eigenvalue weighted by Gasteiger charge is -2.27. The molecule has 0 radical (unpaired) electrons. The Hall–Kier alpha value is -1.97. The van der Waals surface area contributed by atoms with Gasteiger partial charge in [0.05, 0.1) is 6.04 Å². The molecule has 2 atom stereocenters. The Labute approximate surface area is 113 Å². The molecule has 0 spiro atoms. The molecule has 1 aromatic rings. The van der Waals surface area contributed by atoms with E-state index < -0.39 is 6.09 Å². The van der Waals surface area contributed by atoms with E-state index in [1.165, 1.54) is 0 Å². The quantitative estimate of drug-likeness (QED) is 0.821. The number of ether oxygens (including phenoxy) is 1. The Morgan fingerprint density at radius 1 is 1.26 bits per heavy atom. The second-order valence-electron chi connectivity index (χ2n) is 4.72. The summed E-state index contributed by atoms with van der Waals surface area (Å²) in [6.45, 7) is 0. The minimum Gasteiger partial charge on any atom is -0.444 e. The second kappa shape index (κ2) is 6.83. The van der Waals surface area contributed by atoms with Crippen molar-refractivity contribution < 1.29 is 9.53 Å². The number of amides is 1. The first kappa shape index (κ1) is 13.5. The number of hydrogen-bond donors (Lipinski definition) is 2. The summed E-state index contributed by atoms with van der Waals surface area (Å²) < 4.78 is 5.24. The van der Waals surface area contributed by atoms with Gasteiger partial charge in [-0.05, 0) is 37.8 Å². The number of para-hydroxylation sites is 1. The van der Waals surface area contributed by atoms with Crippen molar-refractivity contribution in [2.45, 2.75) is 37.8 Å². The van der Waals surface area contributed by atoms with E-state index in [1.54, 1.807) is 0 Å². The minimum atomic E-state index is -0.709. The number of benzene rings is 1. The number of allylic oxidation sites excluding steroid dienone is 1. The molecule has 0 heterocycles. The van der Waals surface area contributed by atoms with E-state index in [0.29, 0.717) is 0 Å². The number of hydrogen-bond acceptors (Lipinski definition) is 3. The fourth-order valence-corrected chi connectivity index (χ4v) is 2.30. The molecule has 1 amide bonds. The van der Waals surface area contributed by atoms with Crippen LogP contribution in [0.25, 0.3) is 0 Å². The van der Waals surface area contributed by atoms with Crippen LogP contribution in [0.1, 0.15) is 25.7 Å². The number of nitrogens with two attached hydrogens (primary N) is 1. The molecule has 0 bridgehead atoms. The average Bonchev–Trinajstić information content (AvgIpc) is 2.38. The van der Waals surface area contributed by atoms with Crippen molar-refractivity contribution in [2.24, 2.45) is 5.73 Å². The summed E-state index contributed by atoms with van der Waals surface area (Å²) in [5.74, 6) is 0. The van der Waals surface area contributed by atoms with Gasteiger partial charge in [0.25, 0.3) is 0 Å². The predicted octanol–water partition coefficient (Wildman–Crippen LogP) is 3.06. The lowest BCUT2D eigenvalue weighted by atomic mass is 9.99. The molecule has 1 aromatic carbocycles. The molecule has 3 N–H and O–H groups in total. The Bertz CT molecular complexity index is 431. The number of carbonyl (C=O) groups is 1. The molecule has 4 heteroatoms. The van der Waals surface area contributed by atoms with Crippen LogP contribution in [0, 0.1) is 0 Å². The van der Waals surface area contributed by atoms with Crippen LogP contribution in [0.2, 0.25) is 0 Å². The van der Waals surface area contributed by atoms with Crippen LogP contribution < -0.4 is 11.1 Å². The number of anilines is 1. The van der Waals surface area contributed by atoms with Gasteiger partial charge in [0.2, 0.25) is 0 Å². The summed E-state index contributed by atoms with van der Waals surface area (Å²) in [7, 11) is 0. The molecule has 1 aliphatic rings. The van der Waals surface area contributed by atoms with E-state index in [2.05, 4.69) is 17.5 Å². The monoisotopic (exact) mass is 260 g/mol. The van der Waals surface area contributed by atoms with Crippen molar-refractivity contribution in [3.05, 3.63) is 42.5 Å². The standard InChI is InChI=1S/C15H20N2O2/c16-15(18)19-14-11-7-2-1-6-10-13(14)17-12-8-4-3-5-9-12/h3-6,8-10,13-14,17H,1-2,7,11H2,(H2,16,18). The zero-order valence-electron chi connectivity index (χ0n) is 10.9. The van der Waals surface area contributed by atoms with Crippen LogP contribution in [-0.2, 0) is 4.74 Å². The van der Waals surface area contributed by atoms with E-state index in [0.717, 1.165) is 31.4 Å². The average molecular weight is 260 g/mol. The minimum absolute atomic E-state index is 0.0322. The molecule has 0 saturated heterocycles. The largest absolute Gasteiger partial charge is 0.444 e. The maximum Gasteiger partial charge on any atom is 0.404 e. The van der Waals surface area contributed by atoms with Crippen molar-refractivity contribution in [1.82, 2.24) is 0 Å². The SMILES string of the molecule is NC(=O)OC1CCCCC=CC1Nc1ccccc1. The van der Waals surface area contributed by atoms with Crippen molar-refractivity contribution in [1.29, 1.82) is 0 Å². The summed E-state index contributed by atoms with van der Waals surface area (Å²) in [6, 6.07) is 9.87. The molecule has 2 unspecified atom stereocenters. The number of rotatable bonds is 3. The molecule has 0 saturated carbocycles. The third kappa shape index (κ3) is 4.32. The summed E-state index contributed by atoms with van der Waals surface area (Å²) in [4.78, 5) is 11.0. The Morgan fingerprint density at radius 2 is 2.05 bits per heavy atom. The topological polar surface area (TPSA) is 64.4 Å². The second-order valence-corrected chi connectivity index (χ2v) is 4.72. The van der Waals surface area contributed by atoms with Gasteiger partial charge in [-0.15, -0.1) is 0 Å². The van der Waals surface area contributed by atoms with E-state index >= 15 is 0 Å². The van der Waals surface area contributed by atoms with Crippen molar-refractivity contribution in [3.8, 4) is 0 Å². The lowest BCUT2D eigenvalue weighted by Crippen LogP contribution is -2.37. The van der Waals surface area contributed by atoms with E-state index in [-0.39, 0.29) is 12.1 Å². The van der Waals surface area contributed by atoms with Crippen LogP contribution in [0.3, 0.4) is 0 Å². The van der Waals surface area contributed by atoms with E-state index in [4.69, 9.17) is 10.5 Å². The van der Waals surface area contributed by atoms with Gasteiger partial charge < -0.3 is 15.8 Å². The van der Waals surface area contributed by atoms with Gasteiger partial charge in [-0.3, -0.25) is 0 Å². The van der Waals surface area contributed by atoms with Gasteiger partial charge in [-0.25, -0.2) is 4.79 Å². The van der Waals surface area contributed by atoms with Crippen LogP contribution in [0.4, 0.5) is 10.5 Å². The van der Waals surface area contributed by atoms with Crippen molar-refractivity contribution >= 4 is 11.8 Å². The highest BCUT2D eigenvalue weighted by atomic mass is 16.6. The number of nitrogens with one attached hydrogen (secondary N) is 1. The summed E-state index contributed by atoms with van der Waals surface area (Å²) >= 11 is 0. The molecule has 0 aliphatic heterocycles. The molecule has 4 nitrogen and oxygen atoms in total. The predicted molar refractivity (Wildman–Crippen MR) is 75.9 cm³/mol. The highest BCUT2D eigenvalue weighted by molar-refractivity contribution is 5.65. The van der Waals surface area contributed by atoms with Gasteiger partial charge in [0, 0.05) is 5.69 Å². The van der Waals surface area contributed by atoms with Gasteiger partial charge in [0.1, 0.15) is 6.10 Å². The zero-order valence-corrected chi connectivity index (χ0v) is 10.9. The van der Waals surface area contributed by atoms with Gasteiger partial charge in [-0.2, -0.15) is 0 Å². The first-order valence-corrected chi connectivity index (χ1v) is 6.70. The molecule has 2 rings (SSSR count). The van der Waals surface area contributed by atoms with Crippen LogP contribution in [-0.4, -0.2) is 18.2 Å².